The number of nitrogens with one attached hydrogen (secondary N) is 2. The van der Waals surface area contributed by atoms with Gasteiger partial charge in [0, 0.05) is 10.6 Å². The number of para-hydroxylation sites is 1. The van der Waals surface area contributed by atoms with E-state index in [4.69, 9.17) is 0 Å². The van der Waals surface area contributed by atoms with Crippen molar-refractivity contribution in [2.45, 2.75) is 17.9 Å². The maximum Gasteiger partial charge on any atom is 0.241 e. The molecule has 4 heteroatoms. The van der Waals surface area contributed by atoms with E-state index in [1.807, 2.05) is 37.3 Å². The Morgan fingerprint density at radius 3 is 2.88 bits per heavy atom. The molecule has 0 radical (unpaired) electrons. The highest BCUT2D eigenvalue weighted by Gasteiger charge is 2.11. The second-order valence-corrected chi connectivity index (χ2v) is 4.66. The van der Waals surface area contributed by atoms with Crippen LogP contribution < -0.4 is 10.6 Å². The number of amides is 1. The smallest absolute Gasteiger partial charge is 0.241 e. The molecule has 17 heavy (non-hydrogen) atoms. The molecule has 92 valence electrons. The number of thioether (sulfide) groups is 1. The van der Waals surface area contributed by atoms with E-state index in [1.54, 1.807) is 18.8 Å². The van der Waals surface area contributed by atoms with Gasteiger partial charge in [0.25, 0.3) is 0 Å². The maximum absolute atomic E-state index is 11.8. The molecule has 0 heterocycles. The third kappa shape index (κ3) is 4.24. The summed E-state index contributed by atoms with van der Waals surface area (Å²) >= 11 is 1.66. The lowest BCUT2D eigenvalue weighted by Gasteiger charge is -2.13. The van der Waals surface area contributed by atoms with E-state index in [9.17, 15) is 4.79 Å². The second-order valence-electron chi connectivity index (χ2n) is 3.60. The number of benzene rings is 1. The summed E-state index contributed by atoms with van der Waals surface area (Å²) in [5, 5.41) is 5.83. The maximum atomic E-state index is 11.8. The lowest BCUT2D eigenvalue weighted by molar-refractivity contribution is -0.117. The molecule has 1 unspecified atom stereocenters. The van der Waals surface area contributed by atoms with Gasteiger partial charge in [0.15, 0.2) is 0 Å². The zero-order valence-electron chi connectivity index (χ0n) is 10.2. The molecule has 2 N–H and O–H groups in total. The lowest BCUT2D eigenvalue weighted by atomic mass is 10.2. The van der Waals surface area contributed by atoms with Gasteiger partial charge in [0.05, 0.1) is 11.7 Å². The first-order chi connectivity index (χ1) is 8.19. The van der Waals surface area contributed by atoms with E-state index in [0.717, 1.165) is 16.3 Å². The van der Waals surface area contributed by atoms with E-state index in [2.05, 4.69) is 17.2 Å². The molecule has 1 rings (SSSR count). The van der Waals surface area contributed by atoms with Crippen LogP contribution in [0, 0.1) is 0 Å². The fraction of sp³-hybridized carbons (Fsp3) is 0.308. The van der Waals surface area contributed by atoms with Crippen molar-refractivity contribution in [3.05, 3.63) is 36.9 Å². The number of carbonyl (C=O) groups excluding carboxylic acids is 1. The van der Waals surface area contributed by atoms with Crippen molar-refractivity contribution in [2.75, 3.05) is 18.1 Å². The molecule has 0 saturated carbocycles. The Balaban J connectivity index is 2.75. The number of rotatable bonds is 6. The summed E-state index contributed by atoms with van der Waals surface area (Å²) in [6.45, 7) is 5.52. The largest absolute Gasteiger partial charge is 0.324 e. The molecular weight excluding hydrogens is 232 g/mol. The summed E-state index contributed by atoms with van der Waals surface area (Å²) in [7, 11) is 1.77. The molecule has 1 atom stereocenters. The van der Waals surface area contributed by atoms with Gasteiger partial charge in [-0.2, -0.15) is 0 Å². The molecule has 0 spiro atoms. The van der Waals surface area contributed by atoms with Gasteiger partial charge in [-0.3, -0.25) is 4.79 Å². The van der Waals surface area contributed by atoms with Gasteiger partial charge in [-0.15, -0.1) is 18.3 Å². The summed E-state index contributed by atoms with van der Waals surface area (Å²) in [6, 6.07) is 7.58. The highest BCUT2D eigenvalue weighted by atomic mass is 32.2. The Morgan fingerprint density at radius 1 is 1.53 bits per heavy atom. The zero-order valence-corrected chi connectivity index (χ0v) is 11.0. The minimum Gasteiger partial charge on any atom is -0.324 e. The summed E-state index contributed by atoms with van der Waals surface area (Å²) < 4.78 is 0. The fourth-order valence-corrected chi connectivity index (χ4v) is 1.96. The molecule has 0 fully saturated rings. The first-order valence-electron chi connectivity index (χ1n) is 5.50. The lowest BCUT2D eigenvalue weighted by Crippen LogP contribution is -2.35. The van der Waals surface area contributed by atoms with Gasteiger partial charge in [-0.05, 0) is 26.1 Å². The number of anilines is 1. The predicted octanol–water partition coefficient (Wildman–Crippen LogP) is 2.51. The Morgan fingerprint density at radius 2 is 2.24 bits per heavy atom. The topological polar surface area (TPSA) is 41.1 Å². The predicted molar refractivity (Wildman–Crippen MR) is 74.5 cm³/mol. The summed E-state index contributed by atoms with van der Waals surface area (Å²) in [4.78, 5) is 12.8. The Kier molecular flexibility index (Phi) is 5.80. The summed E-state index contributed by atoms with van der Waals surface area (Å²) in [6.07, 6.45) is 1.85. The number of hydrogen-bond donors (Lipinski definition) is 2. The van der Waals surface area contributed by atoms with Crippen LogP contribution in [0.4, 0.5) is 5.69 Å². The van der Waals surface area contributed by atoms with E-state index >= 15 is 0 Å². The molecule has 1 aromatic rings. The molecule has 0 aromatic heterocycles. The third-order valence-corrected chi connectivity index (χ3v) is 3.40. The van der Waals surface area contributed by atoms with Crippen LogP contribution >= 0.6 is 11.8 Å². The van der Waals surface area contributed by atoms with Gasteiger partial charge in [0.2, 0.25) is 5.91 Å². The van der Waals surface area contributed by atoms with Crippen LogP contribution in [0.5, 0.6) is 0 Å². The monoisotopic (exact) mass is 250 g/mol. The third-order valence-electron chi connectivity index (χ3n) is 2.33. The highest BCUT2D eigenvalue weighted by Crippen LogP contribution is 2.26. The minimum absolute atomic E-state index is 0.0286. The van der Waals surface area contributed by atoms with Crippen LogP contribution in [0.15, 0.2) is 41.8 Å². The fourth-order valence-electron chi connectivity index (χ4n) is 1.22. The Bertz CT molecular complexity index is 393. The average Bonchev–Trinajstić information content (AvgIpc) is 2.36. The van der Waals surface area contributed by atoms with Crippen LogP contribution in [0.3, 0.4) is 0 Å². The van der Waals surface area contributed by atoms with Gasteiger partial charge < -0.3 is 10.6 Å². The number of hydrogen-bond acceptors (Lipinski definition) is 3. The normalized spacial score (nSPS) is 11.9. The van der Waals surface area contributed by atoms with E-state index in [0.29, 0.717) is 0 Å². The molecule has 1 amide bonds. The highest BCUT2D eigenvalue weighted by molar-refractivity contribution is 7.99. The molecular formula is C13H18N2OS. The van der Waals surface area contributed by atoms with Gasteiger partial charge in [-0.1, -0.05) is 18.2 Å². The summed E-state index contributed by atoms with van der Waals surface area (Å²) in [5.41, 5.74) is 0.853. The van der Waals surface area contributed by atoms with Crippen molar-refractivity contribution in [3.8, 4) is 0 Å². The van der Waals surface area contributed by atoms with Crippen LogP contribution in [0.25, 0.3) is 0 Å². The van der Waals surface area contributed by atoms with Crippen LogP contribution in [-0.2, 0) is 4.79 Å². The summed E-state index contributed by atoms with van der Waals surface area (Å²) in [5.74, 6) is 0.799. The standard InChI is InChI=1S/C13H18N2OS/c1-4-9-17-12-8-6-5-7-11(12)15-13(16)10(2)14-3/h4-8,10,14H,1,9H2,2-3H3,(H,15,16). The molecule has 0 aliphatic rings. The molecule has 1 aromatic carbocycles. The Labute approximate surface area is 107 Å². The van der Waals surface area contributed by atoms with Gasteiger partial charge in [0.1, 0.15) is 0 Å². The Hall–Kier alpha value is -1.26. The minimum atomic E-state index is -0.201. The van der Waals surface area contributed by atoms with Crippen molar-refractivity contribution in [3.63, 3.8) is 0 Å². The van der Waals surface area contributed by atoms with E-state index in [1.165, 1.54) is 0 Å². The zero-order chi connectivity index (χ0) is 12.7. The van der Waals surface area contributed by atoms with Crippen molar-refractivity contribution in [2.24, 2.45) is 0 Å². The van der Waals surface area contributed by atoms with Crippen LogP contribution in [-0.4, -0.2) is 24.7 Å². The molecule has 3 nitrogen and oxygen atoms in total. The van der Waals surface area contributed by atoms with Crippen molar-refractivity contribution in [1.29, 1.82) is 0 Å². The average molecular weight is 250 g/mol. The second kappa shape index (κ2) is 7.14. The van der Waals surface area contributed by atoms with Crippen molar-refractivity contribution < 1.29 is 4.79 Å². The molecule has 0 saturated heterocycles. The first kappa shape index (κ1) is 13.8. The van der Waals surface area contributed by atoms with Gasteiger partial charge in [-0.25, -0.2) is 0 Å². The molecule has 0 aliphatic heterocycles. The van der Waals surface area contributed by atoms with Crippen LogP contribution in [0.1, 0.15) is 6.92 Å². The van der Waals surface area contributed by atoms with E-state index in [-0.39, 0.29) is 11.9 Å². The van der Waals surface area contributed by atoms with Crippen molar-refractivity contribution in [1.82, 2.24) is 5.32 Å². The number of carbonyl (C=O) groups is 1. The van der Waals surface area contributed by atoms with E-state index < -0.39 is 0 Å². The first-order valence-corrected chi connectivity index (χ1v) is 6.48. The number of likely N-dealkylation sites (N-methyl/N-ethyl adjacent to an activating group) is 1. The van der Waals surface area contributed by atoms with Gasteiger partial charge >= 0.3 is 0 Å². The SMILES string of the molecule is C=CCSc1ccccc1NC(=O)C(C)NC. The quantitative estimate of drug-likeness (QED) is 0.602. The molecule has 0 bridgehead atoms. The van der Waals surface area contributed by atoms with Crippen LogP contribution in [0.2, 0.25) is 0 Å². The molecule has 0 aliphatic carbocycles. The van der Waals surface area contributed by atoms with Crippen molar-refractivity contribution >= 4 is 23.4 Å².